The van der Waals surface area contributed by atoms with E-state index in [1.165, 1.54) is 6.33 Å². The Morgan fingerprint density at radius 2 is 1.87 bits per heavy atom. The number of hydrogen-bond acceptors (Lipinski definition) is 7. The number of aromatic nitrogens is 6. The Morgan fingerprint density at radius 1 is 1.08 bits per heavy atom. The molecular weight excluding hydrogens is 480 g/mol. The Morgan fingerprint density at radius 3 is 2.61 bits per heavy atom. The summed E-state index contributed by atoms with van der Waals surface area (Å²) in [7, 11) is 0. The molecule has 38 heavy (non-hydrogen) atoms. The summed E-state index contributed by atoms with van der Waals surface area (Å²) >= 11 is 0. The van der Waals surface area contributed by atoms with Gasteiger partial charge in [0, 0.05) is 36.6 Å². The summed E-state index contributed by atoms with van der Waals surface area (Å²) in [6.45, 7) is 10.3. The van der Waals surface area contributed by atoms with Gasteiger partial charge < -0.3 is 19.8 Å². The van der Waals surface area contributed by atoms with Gasteiger partial charge in [-0.2, -0.15) is 5.10 Å². The van der Waals surface area contributed by atoms with Gasteiger partial charge in [0.05, 0.1) is 47.3 Å². The molecule has 0 radical (unpaired) electrons. The van der Waals surface area contributed by atoms with Crippen LogP contribution < -0.4 is 5.73 Å². The van der Waals surface area contributed by atoms with E-state index in [0.29, 0.717) is 43.3 Å². The van der Waals surface area contributed by atoms with Crippen molar-refractivity contribution in [2.75, 3.05) is 32.0 Å². The van der Waals surface area contributed by atoms with Crippen LogP contribution in [0.25, 0.3) is 27.9 Å². The Hall–Kier alpha value is -4.31. The van der Waals surface area contributed by atoms with Gasteiger partial charge in [0.25, 0.3) is 5.91 Å². The number of anilines is 1. The Bertz CT molecular complexity index is 1580. The summed E-state index contributed by atoms with van der Waals surface area (Å²) in [5, 5.41) is 5.53. The molecule has 0 aliphatic carbocycles. The third-order valence-electron chi connectivity index (χ3n) is 6.77. The molecule has 6 rings (SSSR count). The first kappa shape index (κ1) is 25.3. The molecule has 1 amide bonds. The van der Waals surface area contributed by atoms with Gasteiger partial charge in [0.2, 0.25) is 0 Å². The van der Waals surface area contributed by atoms with Crippen molar-refractivity contribution in [3.05, 3.63) is 71.9 Å². The summed E-state index contributed by atoms with van der Waals surface area (Å²) in [5.74, 6) is 0.391. The number of ether oxygens (including phenoxy) is 1. The van der Waals surface area contributed by atoms with Crippen LogP contribution in [0.4, 0.5) is 5.82 Å². The van der Waals surface area contributed by atoms with E-state index in [-0.39, 0.29) is 11.9 Å². The van der Waals surface area contributed by atoms with E-state index < -0.39 is 0 Å². The summed E-state index contributed by atoms with van der Waals surface area (Å²) in [6, 6.07) is 11.8. The number of nitrogen functional groups attached to an aromatic ring is 1. The largest absolute Gasteiger partial charge is 0.383 e. The Labute approximate surface area is 221 Å². The average molecular weight is 513 g/mol. The molecule has 2 N–H and O–H groups in total. The molecule has 10 heteroatoms. The van der Waals surface area contributed by atoms with E-state index in [0.717, 1.165) is 33.5 Å². The van der Waals surface area contributed by atoms with Crippen LogP contribution in [0, 0.1) is 6.92 Å². The number of carbonyl (C=O) groups excluding carboxylic acids is 1. The highest BCUT2D eigenvalue weighted by atomic mass is 16.5. The van der Waals surface area contributed by atoms with Gasteiger partial charge >= 0.3 is 0 Å². The molecular formula is C28H32N8O2. The molecule has 1 aliphatic heterocycles. The van der Waals surface area contributed by atoms with Gasteiger partial charge in [0.1, 0.15) is 12.1 Å². The van der Waals surface area contributed by atoms with Crippen LogP contribution in [0.15, 0.2) is 55.1 Å². The normalized spacial score (nSPS) is 14.4. The fourth-order valence-electron chi connectivity index (χ4n) is 4.91. The van der Waals surface area contributed by atoms with Crippen LogP contribution >= 0.6 is 0 Å². The van der Waals surface area contributed by atoms with E-state index in [9.17, 15) is 4.79 Å². The standard InChI is InChI=1S/C26H26N8O2.C2H6/c1-16-22-24(27)29-15-30-25(22)34(31-16)17(2)20-13-19-5-3-4-8-33(19)23(20)21-7-6-18(14-28-21)26(35)32-9-11-36-12-10-32;1-2/h3-8,13-15,17H,9-12H2,1-2H3,(H2,27,29,30);1-2H3. The van der Waals surface area contributed by atoms with Crippen LogP contribution in [0.5, 0.6) is 0 Å². The number of pyridine rings is 2. The van der Waals surface area contributed by atoms with Crippen LogP contribution in [-0.2, 0) is 4.74 Å². The lowest BCUT2D eigenvalue weighted by molar-refractivity contribution is 0.0302. The lowest BCUT2D eigenvalue weighted by Crippen LogP contribution is -2.40. The number of carbonyl (C=O) groups is 1. The SMILES string of the molecule is CC.Cc1nn(C(C)c2cc3ccccn3c2-c2ccc(C(=O)N3CCOCC3)cn2)c2ncnc(N)c12. The number of amides is 1. The van der Waals surface area contributed by atoms with E-state index in [4.69, 9.17) is 20.6 Å². The number of fused-ring (bicyclic) bond motifs is 2. The predicted molar refractivity (Wildman–Crippen MR) is 147 cm³/mol. The van der Waals surface area contributed by atoms with Crippen molar-refractivity contribution in [3.8, 4) is 11.4 Å². The smallest absolute Gasteiger partial charge is 0.255 e. The maximum absolute atomic E-state index is 12.9. The zero-order chi connectivity index (χ0) is 26.8. The van der Waals surface area contributed by atoms with Gasteiger partial charge in [-0.3, -0.25) is 9.78 Å². The summed E-state index contributed by atoms with van der Waals surface area (Å²) in [5.41, 5.74) is 11.9. The van der Waals surface area contributed by atoms with Crippen LogP contribution in [0.3, 0.4) is 0 Å². The van der Waals surface area contributed by atoms with Gasteiger partial charge in [-0.25, -0.2) is 14.6 Å². The molecule has 10 nitrogen and oxygen atoms in total. The molecule has 1 saturated heterocycles. The quantitative estimate of drug-likeness (QED) is 0.385. The first-order valence-corrected chi connectivity index (χ1v) is 12.9. The highest BCUT2D eigenvalue weighted by molar-refractivity contribution is 5.94. The van der Waals surface area contributed by atoms with Crippen molar-refractivity contribution >= 4 is 28.3 Å². The summed E-state index contributed by atoms with van der Waals surface area (Å²) in [6.07, 6.45) is 5.14. The van der Waals surface area contributed by atoms with Crippen molar-refractivity contribution < 1.29 is 9.53 Å². The molecule has 0 bridgehead atoms. The number of hydrogen-bond donors (Lipinski definition) is 1. The van der Waals surface area contributed by atoms with E-state index in [1.54, 1.807) is 11.1 Å². The molecule has 1 aliphatic rings. The number of nitrogens with zero attached hydrogens (tertiary/aromatic N) is 7. The third kappa shape index (κ3) is 4.37. The van der Waals surface area contributed by atoms with E-state index in [2.05, 4.69) is 33.4 Å². The zero-order valence-electron chi connectivity index (χ0n) is 22.1. The maximum Gasteiger partial charge on any atom is 0.255 e. The minimum atomic E-state index is -0.165. The maximum atomic E-state index is 12.9. The second-order valence-electron chi connectivity index (χ2n) is 8.94. The average Bonchev–Trinajstić information content (AvgIpc) is 3.53. The molecule has 5 aromatic rings. The van der Waals surface area contributed by atoms with Gasteiger partial charge in [0.15, 0.2) is 5.65 Å². The highest BCUT2D eigenvalue weighted by Crippen LogP contribution is 2.34. The number of morpholine rings is 1. The van der Waals surface area contributed by atoms with Crippen molar-refractivity contribution in [2.45, 2.75) is 33.7 Å². The van der Waals surface area contributed by atoms with Crippen LogP contribution in [0.2, 0.25) is 0 Å². The number of aryl methyl sites for hydroxylation is 1. The van der Waals surface area contributed by atoms with Crippen molar-refractivity contribution in [2.24, 2.45) is 0 Å². The molecule has 196 valence electrons. The zero-order valence-corrected chi connectivity index (χ0v) is 22.1. The fourth-order valence-corrected chi connectivity index (χ4v) is 4.91. The monoisotopic (exact) mass is 512 g/mol. The second-order valence-corrected chi connectivity index (χ2v) is 8.94. The van der Waals surface area contributed by atoms with Crippen LogP contribution in [-0.4, -0.2) is 66.2 Å². The molecule has 1 fully saturated rings. The first-order chi connectivity index (χ1) is 18.5. The van der Waals surface area contributed by atoms with Gasteiger partial charge in [-0.1, -0.05) is 19.9 Å². The lowest BCUT2D eigenvalue weighted by atomic mass is 10.1. The minimum Gasteiger partial charge on any atom is -0.383 e. The molecule has 1 atom stereocenters. The summed E-state index contributed by atoms with van der Waals surface area (Å²) < 4.78 is 9.36. The highest BCUT2D eigenvalue weighted by Gasteiger charge is 2.24. The predicted octanol–water partition coefficient (Wildman–Crippen LogP) is 4.14. The Kier molecular flexibility index (Phi) is 7.06. The molecule has 0 saturated carbocycles. The topological polar surface area (TPSA) is 116 Å². The molecule has 6 heterocycles. The second kappa shape index (κ2) is 10.6. The first-order valence-electron chi connectivity index (χ1n) is 12.9. The molecule has 1 unspecified atom stereocenters. The van der Waals surface area contributed by atoms with E-state index >= 15 is 0 Å². The van der Waals surface area contributed by atoms with Gasteiger partial charge in [-0.05, 0) is 44.2 Å². The third-order valence-corrected chi connectivity index (χ3v) is 6.77. The summed E-state index contributed by atoms with van der Waals surface area (Å²) in [4.78, 5) is 28.1. The molecule has 0 aromatic carbocycles. The Balaban J connectivity index is 0.00000144. The molecule has 0 spiro atoms. The number of nitrogens with two attached hydrogens (primary N) is 1. The molecule has 5 aromatic heterocycles. The lowest BCUT2D eigenvalue weighted by Gasteiger charge is -2.26. The van der Waals surface area contributed by atoms with Crippen molar-refractivity contribution in [3.63, 3.8) is 0 Å². The van der Waals surface area contributed by atoms with Crippen molar-refractivity contribution in [1.82, 2.24) is 34.0 Å². The van der Waals surface area contributed by atoms with E-state index in [1.807, 2.05) is 55.9 Å². The van der Waals surface area contributed by atoms with Gasteiger partial charge in [-0.15, -0.1) is 0 Å². The minimum absolute atomic E-state index is 0.0262. The van der Waals surface area contributed by atoms with Crippen LogP contribution in [0.1, 0.15) is 48.4 Å². The van der Waals surface area contributed by atoms with Crippen molar-refractivity contribution in [1.29, 1.82) is 0 Å². The number of rotatable bonds is 4. The fraction of sp³-hybridized carbons (Fsp3) is 0.321.